The molecule has 0 radical (unpaired) electrons. The van der Waals surface area contributed by atoms with Gasteiger partial charge in [0, 0.05) is 18.7 Å². The molecule has 5 heteroatoms. The van der Waals surface area contributed by atoms with Gasteiger partial charge in [0.15, 0.2) is 0 Å². The van der Waals surface area contributed by atoms with Gasteiger partial charge in [-0.25, -0.2) is 4.39 Å². The lowest BCUT2D eigenvalue weighted by molar-refractivity contribution is -0.137. The van der Waals surface area contributed by atoms with E-state index >= 15 is 0 Å². The standard InChI is InChI=1S/C15H20FNO3/c1-2-3-4-9-17(10-8-14(18)19)15(20)12-6-5-7-13(16)11-12/h5-7,11H,2-4,8-10H2,1H3,(H,18,19). The van der Waals surface area contributed by atoms with E-state index in [9.17, 15) is 14.0 Å². The summed E-state index contributed by atoms with van der Waals surface area (Å²) in [6.07, 6.45) is 2.70. The van der Waals surface area contributed by atoms with Crippen molar-refractivity contribution >= 4 is 11.9 Å². The van der Waals surface area contributed by atoms with Crippen LogP contribution in [0.1, 0.15) is 43.0 Å². The molecule has 4 nitrogen and oxygen atoms in total. The van der Waals surface area contributed by atoms with Gasteiger partial charge in [-0.1, -0.05) is 25.8 Å². The fourth-order valence-corrected chi connectivity index (χ4v) is 1.90. The normalized spacial score (nSPS) is 10.3. The first kappa shape index (κ1) is 16.1. The van der Waals surface area contributed by atoms with Gasteiger partial charge in [0.05, 0.1) is 6.42 Å². The molecule has 110 valence electrons. The lowest BCUT2D eigenvalue weighted by Gasteiger charge is -2.22. The number of unbranched alkanes of at least 4 members (excludes halogenated alkanes) is 2. The number of carboxylic acids is 1. The Hall–Kier alpha value is -1.91. The lowest BCUT2D eigenvalue weighted by Crippen LogP contribution is -2.34. The minimum atomic E-state index is -0.947. The molecule has 1 amide bonds. The molecule has 0 aromatic heterocycles. The van der Waals surface area contributed by atoms with Crippen LogP contribution < -0.4 is 0 Å². The number of amides is 1. The molecule has 1 rings (SSSR count). The highest BCUT2D eigenvalue weighted by molar-refractivity contribution is 5.94. The Morgan fingerprint density at radius 2 is 2.00 bits per heavy atom. The maximum absolute atomic E-state index is 13.1. The molecule has 0 unspecified atom stereocenters. The molecular formula is C15H20FNO3. The molecule has 0 fully saturated rings. The first-order valence-corrected chi connectivity index (χ1v) is 6.81. The van der Waals surface area contributed by atoms with Crippen LogP contribution in [0.2, 0.25) is 0 Å². The largest absolute Gasteiger partial charge is 0.481 e. The van der Waals surface area contributed by atoms with Crippen LogP contribution in [-0.4, -0.2) is 35.0 Å². The van der Waals surface area contributed by atoms with Crippen molar-refractivity contribution in [3.05, 3.63) is 35.6 Å². The average molecular weight is 281 g/mol. The van der Waals surface area contributed by atoms with Crippen LogP contribution >= 0.6 is 0 Å². The minimum absolute atomic E-state index is 0.104. The van der Waals surface area contributed by atoms with Gasteiger partial charge >= 0.3 is 5.97 Å². The van der Waals surface area contributed by atoms with Crippen molar-refractivity contribution in [3.63, 3.8) is 0 Å². The van der Waals surface area contributed by atoms with Gasteiger partial charge in [0.2, 0.25) is 0 Å². The van der Waals surface area contributed by atoms with Crippen LogP contribution in [0, 0.1) is 5.82 Å². The van der Waals surface area contributed by atoms with Gasteiger partial charge < -0.3 is 10.0 Å². The van der Waals surface area contributed by atoms with Gasteiger partial charge in [-0.05, 0) is 24.6 Å². The zero-order valence-corrected chi connectivity index (χ0v) is 11.6. The van der Waals surface area contributed by atoms with E-state index in [1.165, 1.54) is 23.1 Å². The molecule has 0 atom stereocenters. The van der Waals surface area contributed by atoms with Crippen LogP contribution in [0.5, 0.6) is 0 Å². The van der Waals surface area contributed by atoms with E-state index < -0.39 is 11.8 Å². The zero-order chi connectivity index (χ0) is 15.0. The lowest BCUT2D eigenvalue weighted by atomic mass is 10.1. The van der Waals surface area contributed by atoms with E-state index in [0.29, 0.717) is 6.54 Å². The fourth-order valence-electron chi connectivity index (χ4n) is 1.90. The molecule has 0 heterocycles. The Balaban J connectivity index is 2.74. The molecule has 0 bridgehead atoms. The minimum Gasteiger partial charge on any atom is -0.481 e. The third kappa shape index (κ3) is 5.38. The zero-order valence-electron chi connectivity index (χ0n) is 11.6. The Labute approximate surface area is 118 Å². The van der Waals surface area contributed by atoms with Gasteiger partial charge in [-0.3, -0.25) is 9.59 Å². The number of hydrogen-bond donors (Lipinski definition) is 1. The number of rotatable bonds is 8. The van der Waals surface area contributed by atoms with Crippen molar-refractivity contribution < 1.29 is 19.1 Å². The Morgan fingerprint density at radius 3 is 2.60 bits per heavy atom. The number of halogens is 1. The molecule has 0 aliphatic carbocycles. The number of benzene rings is 1. The average Bonchev–Trinajstić information content (AvgIpc) is 2.41. The molecule has 0 saturated carbocycles. The Bertz CT molecular complexity index is 462. The van der Waals surface area contributed by atoms with E-state index in [1.54, 1.807) is 6.07 Å². The maximum atomic E-state index is 13.1. The van der Waals surface area contributed by atoms with E-state index in [1.807, 2.05) is 0 Å². The van der Waals surface area contributed by atoms with Crippen molar-refractivity contribution in [1.29, 1.82) is 0 Å². The number of aliphatic carboxylic acids is 1. The molecule has 0 aliphatic heterocycles. The number of carboxylic acid groups (broad SMARTS) is 1. The molecule has 0 spiro atoms. The van der Waals surface area contributed by atoms with Crippen LogP contribution in [0.3, 0.4) is 0 Å². The highest BCUT2D eigenvalue weighted by atomic mass is 19.1. The summed E-state index contributed by atoms with van der Waals surface area (Å²) in [7, 11) is 0. The maximum Gasteiger partial charge on any atom is 0.305 e. The van der Waals surface area contributed by atoms with E-state index in [-0.39, 0.29) is 24.4 Å². The molecule has 0 aliphatic rings. The molecular weight excluding hydrogens is 261 g/mol. The van der Waals surface area contributed by atoms with Crippen molar-refractivity contribution in [2.24, 2.45) is 0 Å². The first-order valence-electron chi connectivity index (χ1n) is 6.81. The predicted octanol–water partition coefficient (Wildman–Crippen LogP) is 2.93. The summed E-state index contributed by atoms with van der Waals surface area (Å²) in [5, 5.41) is 8.73. The van der Waals surface area contributed by atoms with E-state index in [4.69, 9.17) is 5.11 Å². The summed E-state index contributed by atoms with van der Waals surface area (Å²) in [5.41, 5.74) is 0.256. The second-order valence-corrected chi connectivity index (χ2v) is 4.65. The topological polar surface area (TPSA) is 57.6 Å². The Morgan fingerprint density at radius 1 is 1.25 bits per heavy atom. The second-order valence-electron chi connectivity index (χ2n) is 4.65. The van der Waals surface area contributed by atoms with E-state index in [2.05, 4.69) is 6.92 Å². The summed E-state index contributed by atoms with van der Waals surface area (Å²) in [4.78, 5) is 24.4. The summed E-state index contributed by atoms with van der Waals surface area (Å²) >= 11 is 0. The third-order valence-corrected chi connectivity index (χ3v) is 2.99. The van der Waals surface area contributed by atoms with Crippen molar-refractivity contribution in [3.8, 4) is 0 Å². The quantitative estimate of drug-likeness (QED) is 0.745. The van der Waals surface area contributed by atoms with Crippen LogP contribution in [0.4, 0.5) is 4.39 Å². The van der Waals surface area contributed by atoms with Crippen molar-refractivity contribution in [2.45, 2.75) is 32.6 Å². The van der Waals surface area contributed by atoms with Gasteiger partial charge in [0.25, 0.3) is 5.91 Å². The third-order valence-electron chi connectivity index (χ3n) is 2.99. The Kier molecular flexibility index (Phi) is 6.70. The monoisotopic (exact) mass is 281 g/mol. The number of carbonyl (C=O) groups excluding carboxylic acids is 1. The van der Waals surface area contributed by atoms with Gasteiger partial charge in [-0.15, -0.1) is 0 Å². The summed E-state index contributed by atoms with van der Waals surface area (Å²) in [5.74, 6) is -1.73. The number of carbonyl (C=O) groups is 2. The van der Waals surface area contributed by atoms with Gasteiger partial charge in [0.1, 0.15) is 5.82 Å². The van der Waals surface area contributed by atoms with Crippen molar-refractivity contribution in [2.75, 3.05) is 13.1 Å². The SMILES string of the molecule is CCCCCN(CCC(=O)O)C(=O)c1cccc(F)c1. The van der Waals surface area contributed by atoms with Crippen molar-refractivity contribution in [1.82, 2.24) is 4.90 Å². The smallest absolute Gasteiger partial charge is 0.305 e. The highest BCUT2D eigenvalue weighted by Gasteiger charge is 2.16. The van der Waals surface area contributed by atoms with Crippen LogP contribution in [-0.2, 0) is 4.79 Å². The second kappa shape index (κ2) is 8.30. The van der Waals surface area contributed by atoms with E-state index in [0.717, 1.165) is 19.3 Å². The van der Waals surface area contributed by atoms with Gasteiger partial charge in [-0.2, -0.15) is 0 Å². The highest BCUT2D eigenvalue weighted by Crippen LogP contribution is 2.10. The molecule has 0 saturated heterocycles. The molecule has 20 heavy (non-hydrogen) atoms. The first-order chi connectivity index (χ1) is 9.54. The molecule has 1 N–H and O–H groups in total. The van der Waals surface area contributed by atoms with Crippen LogP contribution in [0.15, 0.2) is 24.3 Å². The predicted molar refractivity (Wildman–Crippen MR) is 74.1 cm³/mol. The number of nitrogens with zero attached hydrogens (tertiary/aromatic N) is 1. The summed E-state index contributed by atoms with van der Waals surface area (Å²) in [6, 6.07) is 5.47. The molecule has 1 aromatic carbocycles. The fraction of sp³-hybridized carbons (Fsp3) is 0.467. The number of hydrogen-bond acceptors (Lipinski definition) is 2. The summed E-state index contributed by atoms with van der Waals surface area (Å²) < 4.78 is 13.1. The summed E-state index contributed by atoms with van der Waals surface area (Å²) in [6.45, 7) is 2.70. The van der Waals surface area contributed by atoms with Crippen LogP contribution in [0.25, 0.3) is 0 Å². The molecule has 1 aromatic rings.